The highest BCUT2D eigenvalue weighted by molar-refractivity contribution is 6.44. The number of primary amides is 1. The van der Waals surface area contributed by atoms with Gasteiger partial charge in [0.2, 0.25) is 0 Å². The smallest absolute Gasteiger partial charge is 0.343 e. The van der Waals surface area contributed by atoms with Crippen LogP contribution in [0.3, 0.4) is 0 Å². The van der Waals surface area contributed by atoms with E-state index >= 15 is 0 Å². The van der Waals surface area contributed by atoms with E-state index in [4.69, 9.17) is 10.5 Å². The van der Waals surface area contributed by atoms with Gasteiger partial charge in [0.05, 0.1) is 18.2 Å². The largest absolute Gasteiger partial charge is 0.480 e. The van der Waals surface area contributed by atoms with Crippen LogP contribution in [-0.2, 0) is 33.6 Å². The molecule has 7 nitrogen and oxygen atoms in total. The second-order valence-electron chi connectivity index (χ2n) is 6.79. The van der Waals surface area contributed by atoms with Crippen molar-refractivity contribution in [2.75, 3.05) is 13.7 Å². The Morgan fingerprint density at radius 2 is 1.77 bits per heavy atom. The van der Waals surface area contributed by atoms with E-state index in [1.54, 1.807) is 12.1 Å². The van der Waals surface area contributed by atoms with E-state index in [1.165, 1.54) is 7.11 Å². The topological polar surface area (TPSA) is 100 Å². The fraction of sp³-hybridized carbons (Fsp3) is 0.261. The molecule has 1 amide bonds. The maximum Gasteiger partial charge on any atom is 0.343 e. The van der Waals surface area contributed by atoms with Crippen LogP contribution in [-0.4, -0.2) is 35.8 Å². The number of hydrogen-bond acceptors (Lipinski definition) is 5. The number of methoxy groups -OCH3 is 1. The predicted molar refractivity (Wildman–Crippen MR) is 112 cm³/mol. The van der Waals surface area contributed by atoms with Crippen molar-refractivity contribution in [1.82, 2.24) is 4.40 Å². The second kappa shape index (κ2) is 9.26. The van der Waals surface area contributed by atoms with E-state index in [1.807, 2.05) is 47.9 Å². The first kappa shape index (κ1) is 21.1. The number of benzene rings is 1. The molecular formula is C23H24N2O5. The summed E-state index contributed by atoms with van der Waals surface area (Å²) in [7, 11) is 1.27. The minimum Gasteiger partial charge on any atom is -0.480 e. The van der Waals surface area contributed by atoms with Crippen molar-refractivity contribution in [3.05, 3.63) is 71.0 Å². The molecule has 0 unspecified atom stereocenters. The Balaban J connectivity index is 2.14. The minimum atomic E-state index is -1.03. The van der Waals surface area contributed by atoms with Gasteiger partial charge in [0, 0.05) is 11.9 Å². The molecule has 2 aromatic heterocycles. The quantitative estimate of drug-likeness (QED) is 0.333. The summed E-state index contributed by atoms with van der Waals surface area (Å²) in [5.41, 5.74) is 8.83. The van der Waals surface area contributed by atoms with E-state index in [0.717, 1.165) is 23.2 Å². The lowest BCUT2D eigenvalue weighted by Gasteiger charge is -2.09. The molecule has 0 atom stereocenters. The maximum atomic E-state index is 12.7. The second-order valence-corrected chi connectivity index (χ2v) is 6.79. The van der Waals surface area contributed by atoms with Crippen LogP contribution in [0, 0.1) is 0 Å². The molecule has 0 aliphatic heterocycles. The number of carbonyl (C=O) groups excluding carboxylic acids is 3. The van der Waals surface area contributed by atoms with Gasteiger partial charge in [0.1, 0.15) is 5.75 Å². The molecule has 0 radical (unpaired) electrons. The Bertz CT molecular complexity index is 1090. The van der Waals surface area contributed by atoms with E-state index in [-0.39, 0.29) is 12.2 Å². The molecule has 156 valence electrons. The van der Waals surface area contributed by atoms with Gasteiger partial charge in [-0.05, 0) is 42.5 Å². The van der Waals surface area contributed by atoms with Gasteiger partial charge in [-0.2, -0.15) is 0 Å². The van der Waals surface area contributed by atoms with Crippen molar-refractivity contribution in [1.29, 1.82) is 0 Å². The van der Waals surface area contributed by atoms with Crippen LogP contribution in [0.1, 0.15) is 34.1 Å². The van der Waals surface area contributed by atoms with Gasteiger partial charge in [-0.3, -0.25) is 9.59 Å². The Morgan fingerprint density at radius 3 is 2.40 bits per heavy atom. The van der Waals surface area contributed by atoms with Crippen molar-refractivity contribution in [2.24, 2.45) is 5.73 Å². The number of amides is 1. The number of aryl methyl sites for hydroxylation is 2. The number of ketones is 1. The molecule has 1 aromatic carbocycles. The summed E-state index contributed by atoms with van der Waals surface area (Å²) in [5.74, 6) is -2.04. The number of aromatic nitrogens is 1. The Kier molecular flexibility index (Phi) is 6.51. The fourth-order valence-corrected chi connectivity index (χ4v) is 3.63. The monoisotopic (exact) mass is 408 g/mol. The summed E-state index contributed by atoms with van der Waals surface area (Å²) in [4.78, 5) is 36.1. The van der Waals surface area contributed by atoms with Crippen LogP contribution in [0.25, 0.3) is 5.52 Å². The van der Waals surface area contributed by atoms with E-state index < -0.39 is 17.7 Å². The van der Waals surface area contributed by atoms with Gasteiger partial charge in [-0.1, -0.05) is 37.3 Å². The summed E-state index contributed by atoms with van der Waals surface area (Å²) in [6.07, 6.45) is 3.77. The number of esters is 1. The molecule has 0 saturated heterocycles. The number of Topliss-reactive ketones (excluding diaryl/α,β-unsaturated/α-hetero) is 1. The summed E-state index contributed by atoms with van der Waals surface area (Å²) in [6.45, 7) is 1.61. The van der Waals surface area contributed by atoms with Crippen molar-refractivity contribution in [2.45, 2.75) is 26.2 Å². The van der Waals surface area contributed by atoms with Crippen molar-refractivity contribution in [3.8, 4) is 5.75 Å². The molecule has 2 N–H and O–H groups in total. The third-order valence-corrected chi connectivity index (χ3v) is 5.01. The molecule has 0 bridgehead atoms. The Hall–Kier alpha value is -3.61. The SMILES string of the molecule is CCc1c(C(=O)C(N)=O)c2c(OCC(=O)OC)cccn2c1CCc1ccccc1. The first-order valence-electron chi connectivity index (χ1n) is 9.70. The lowest BCUT2D eigenvalue weighted by Crippen LogP contribution is -2.24. The van der Waals surface area contributed by atoms with Crippen LogP contribution in [0.4, 0.5) is 0 Å². The zero-order chi connectivity index (χ0) is 21.7. The van der Waals surface area contributed by atoms with Crippen LogP contribution in [0.15, 0.2) is 48.7 Å². The van der Waals surface area contributed by atoms with Crippen molar-refractivity contribution >= 4 is 23.2 Å². The number of nitrogens with zero attached hydrogens (tertiary/aromatic N) is 1. The van der Waals surface area contributed by atoms with Crippen molar-refractivity contribution in [3.63, 3.8) is 0 Å². The lowest BCUT2D eigenvalue weighted by atomic mass is 9.99. The van der Waals surface area contributed by atoms with Gasteiger partial charge < -0.3 is 19.6 Å². The zero-order valence-corrected chi connectivity index (χ0v) is 17.0. The summed E-state index contributed by atoms with van der Waals surface area (Å²) < 4.78 is 12.1. The number of hydrogen-bond donors (Lipinski definition) is 1. The molecule has 7 heteroatoms. The predicted octanol–water partition coefficient (Wildman–Crippen LogP) is 2.51. The molecule has 2 heterocycles. The fourth-order valence-electron chi connectivity index (χ4n) is 3.63. The highest BCUT2D eigenvalue weighted by Crippen LogP contribution is 2.32. The maximum absolute atomic E-state index is 12.7. The van der Waals surface area contributed by atoms with Gasteiger partial charge in [-0.15, -0.1) is 0 Å². The first-order chi connectivity index (χ1) is 14.5. The number of pyridine rings is 1. The third kappa shape index (κ3) is 4.20. The summed E-state index contributed by atoms with van der Waals surface area (Å²) in [5, 5.41) is 0. The highest BCUT2D eigenvalue weighted by Gasteiger charge is 2.27. The van der Waals surface area contributed by atoms with Gasteiger partial charge in [0.15, 0.2) is 6.61 Å². The first-order valence-corrected chi connectivity index (χ1v) is 9.70. The number of nitrogens with two attached hydrogens (primary N) is 1. The summed E-state index contributed by atoms with van der Waals surface area (Å²) in [6, 6.07) is 13.4. The molecule has 0 saturated carbocycles. The number of ether oxygens (including phenoxy) is 2. The normalized spacial score (nSPS) is 10.7. The van der Waals surface area contributed by atoms with Crippen LogP contribution >= 0.6 is 0 Å². The third-order valence-electron chi connectivity index (χ3n) is 5.01. The molecule has 3 rings (SSSR count). The van der Waals surface area contributed by atoms with Gasteiger partial charge >= 0.3 is 5.97 Å². The van der Waals surface area contributed by atoms with E-state index in [9.17, 15) is 14.4 Å². The molecule has 0 spiro atoms. The van der Waals surface area contributed by atoms with Crippen LogP contribution in [0.5, 0.6) is 5.75 Å². The molecular weight excluding hydrogens is 384 g/mol. The number of fused-ring (bicyclic) bond motifs is 1. The summed E-state index contributed by atoms with van der Waals surface area (Å²) >= 11 is 0. The average Bonchev–Trinajstić information content (AvgIpc) is 3.09. The Morgan fingerprint density at radius 1 is 1.03 bits per heavy atom. The van der Waals surface area contributed by atoms with Crippen LogP contribution < -0.4 is 10.5 Å². The standard InChI is InChI=1S/C23H24N2O5/c1-3-16-17(12-11-15-8-5-4-6-9-15)25-13-7-10-18(30-14-19(26)29-2)21(25)20(16)22(27)23(24)28/h4-10,13H,3,11-12,14H2,1-2H3,(H2,24,28). The van der Waals surface area contributed by atoms with Crippen LogP contribution in [0.2, 0.25) is 0 Å². The molecule has 0 fully saturated rings. The minimum absolute atomic E-state index is 0.230. The van der Waals surface area contributed by atoms with Gasteiger partial charge in [-0.25, -0.2) is 4.79 Å². The number of rotatable bonds is 9. The van der Waals surface area contributed by atoms with E-state index in [0.29, 0.717) is 24.1 Å². The Labute approximate surface area is 174 Å². The van der Waals surface area contributed by atoms with E-state index in [2.05, 4.69) is 4.74 Å². The lowest BCUT2D eigenvalue weighted by molar-refractivity contribution is -0.142. The van der Waals surface area contributed by atoms with Gasteiger partial charge in [0.25, 0.3) is 11.7 Å². The molecule has 0 aliphatic carbocycles. The molecule has 30 heavy (non-hydrogen) atoms. The molecule has 3 aromatic rings. The zero-order valence-electron chi connectivity index (χ0n) is 17.0. The highest BCUT2D eigenvalue weighted by atomic mass is 16.6. The molecule has 0 aliphatic rings. The average molecular weight is 408 g/mol. The van der Waals surface area contributed by atoms with Crippen molar-refractivity contribution < 1.29 is 23.9 Å². The number of carbonyl (C=O) groups is 3.